The number of nitrogens with two attached hydrogens (primary N) is 1. The molecule has 4 heterocycles. The number of aromatic nitrogens is 3. The SMILES string of the molecule is Nc1ccc(Cl)c(F)c1C1=CC(=O)N2C(CC[C@H]2c2ccc(-c3ncc(-c4ccncc4Br)[nH]3)cc2)C1. The number of benzene rings is 2. The van der Waals surface area contributed by atoms with Crippen LogP contribution in [0.15, 0.2) is 71.6 Å². The number of amides is 1. The Balaban J connectivity index is 1.24. The fraction of sp³-hybridized carbons (Fsp3) is 0.179. The van der Waals surface area contributed by atoms with Crippen molar-refractivity contribution >= 4 is 44.7 Å². The molecule has 2 aromatic carbocycles. The second-order valence-electron chi connectivity index (χ2n) is 9.31. The van der Waals surface area contributed by atoms with Crippen LogP contribution >= 0.6 is 27.5 Å². The van der Waals surface area contributed by atoms with Crippen LogP contribution in [0.4, 0.5) is 10.1 Å². The quantitative estimate of drug-likeness (QED) is 0.261. The van der Waals surface area contributed by atoms with E-state index in [4.69, 9.17) is 17.3 Å². The molecule has 0 radical (unpaired) electrons. The molecule has 6 rings (SSSR count). The van der Waals surface area contributed by atoms with Crippen LogP contribution in [0.25, 0.3) is 28.2 Å². The van der Waals surface area contributed by atoms with Gasteiger partial charge in [-0.2, -0.15) is 0 Å². The predicted octanol–water partition coefficient (Wildman–Crippen LogP) is 6.80. The van der Waals surface area contributed by atoms with Crippen molar-refractivity contribution in [3.8, 4) is 22.6 Å². The highest BCUT2D eigenvalue weighted by molar-refractivity contribution is 9.10. The standard InChI is InChI=1S/C28H22BrClFN5O/c29-20-13-33-10-9-19(20)23-14-34-28(35-23)16-3-1-15(2-4-16)24-8-5-18-11-17(12-25(37)36(18)24)26-22(32)7-6-21(30)27(26)31/h1-4,6-7,9-10,12-14,18,24H,5,8,11,32H2,(H,34,35)/t18?,24-/m0/s1. The molecule has 0 spiro atoms. The molecule has 37 heavy (non-hydrogen) atoms. The number of pyridine rings is 1. The molecule has 0 bridgehead atoms. The Morgan fingerprint density at radius 3 is 2.70 bits per heavy atom. The molecular weight excluding hydrogens is 557 g/mol. The Bertz CT molecular complexity index is 1550. The average molecular weight is 579 g/mol. The molecule has 0 saturated carbocycles. The van der Waals surface area contributed by atoms with Gasteiger partial charge < -0.3 is 15.6 Å². The summed E-state index contributed by atoms with van der Waals surface area (Å²) in [6.45, 7) is 0. The third-order valence-corrected chi connectivity index (χ3v) is 8.09. The lowest BCUT2D eigenvalue weighted by atomic mass is 9.92. The highest BCUT2D eigenvalue weighted by Gasteiger charge is 2.40. The number of halogens is 3. The molecule has 1 unspecified atom stereocenters. The maximum atomic E-state index is 14.8. The lowest BCUT2D eigenvalue weighted by Crippen LogP contribution is -2.39. The Morgan fingerprint density at radius 1 is 1.11 bits per heavy atom. The van der Waals surface area contributed by atoms with Gasteiger partial charge in [-0.3, -0.25) is 9.78 Å². The maximum absolute atomic E-state index is 14.8. The van der Waals surface area contributed by atoms with Crippen LogP contribution in [0.2, 0.25) is 5.02 Å². The minimum Gasteiger partial charge on any atom is -0.398 e. The van der Waals surface area contributed by atoms with Gasteiger partial charge in [-0.25, -0.2) is 9.37 Å². The molecule has 1 amide bonds. The Morgan fingerprint density at radius 2 is 1.92 bits per heavy atom. The number of imidazole rings is 1. The van der Waals surface area contributed by atoms with Crippen molar-refractivity contribution in [1.82, 2.24) is 19.9 Å². The Kier molecular flexibility index (Phi) is 6.09. The van der Waals surface area contributed by atoms with Crippen LogP contribution < -0.4 is 5.73 Å². The maximum Gasteiger partial charge on any atom is 0.247 e. The van der Waals surface area contributed by atoms with Gasteiger partial charge in [-0.05, 0) is 64.5 Å². The number of nitrogens with one attached hydrogen (secondary N) is 1. The number of fused-ring (bicyclic) bond motifs is 1. The van der Waals surface area contributed by atoms with E-state index in [0.29, 0.717) is 12.0 Å². The van der Waals surface area contributed by atoms with Crippen molar-refractivity contribution in [3.63, 3.8) is 0 Å². The summed E-state index contributed by atoms with van der Waals surface area (Å²) in [6, 6.07) is 13.0. The van der Waals surface area contributed by atoms with E-state index in [1.165, 1.54) is 12.1 Å². The summed E-state index contributed by atoms with van der Waals surface area (Å²) in [5, 5.41) is 0.00135. The van der Waals surface area contributed by atoms with Crippen molar-refractivity contribution < 1.29 is 9.18 Å². The van der Waals surface area contributed by atoms with E-state index in [0.717, 1.165) is 45.5 Å². The number of rotatable bonds is 4. The highest BCUT2D eigenvalue weighted by atomic mass is 79.9. The van der Waals surface area contributed by atoms with Gasteiger partial charge in [0.05, 0.1) is 23.0 Å². The summed E-state index contributed by atoms with van der Waals surface area (Å²) in [4.78, 5) is 27.2. The minimum absolute atomic E-state index is 0.00135. The van der Waals surface area contributed by atoms with Crippen molar-refractivity contribution in [2.24, 2.45) is 0 Å². The van der Waals surface area contributed by atoms with Crippen LogP contribution in [0.1, 0.15) is 36.4 Å². The van der Waals surface area contributed by atoms with Gasteiger partial charge >= 0.3 is 0 Å². The number of hydrogen-bond acceptors (Lipinski definition) is 4. The number of H-pyrrole nitrogens is 1. The molecule has 3 N–H and O–H groups in total. The molecule has 1 fully saturated rings. The number of carbonyl (C=O) groups is 1. The minimum atomic E-state index is -0.573. The number of anilines is 1. The van der Waals surface area contributed by atoms with Crippen LogP contribution in [0.5, 0.6) is 0 Å². The zero-order valence-corrected chi connectivity index (χ0v) is 21.9. The van der Waals surface area contributed by atoms with E-state index in [1.807, 2.05) is 35.2 Å². The van der Waals surface area contributed by atoms with Gasteiger partial charge in [0.2, 0.25) is 5.91 Å². The number of nitrogen functional groups attached to an aromatic ring is 1. The summed E-state index contributed by atoms with van der Waals surface area (Å²) >= 11 is 9.52. The van der Waals surface area contributed by atoms with Gasteiger partial charge in [-0.15, -0.1) is 0 Å². The number of carbonyl (C=O) groups excluding carboxylic acids is 1. The van der Waals surface area contributed by atoms with Gasteiger partial charge in [0.1, 0.15) is 5.82 Å². The molecule has 4 aromatic rings. The summed E-state index contributed by atoms with van der Waals surface area (Å²) in [7, 11) is 0. The van der Waals surface area contributed by atoms with E-state index in [1.54, 1.807) is 24.7 Å². The second-order valence-corrected chi connectivity index (χ2v) is 10.6. The zero-order valence-electron chi connectivity index (χ0n) is 19.6. The summed E-state index contributed by atoms with van der Waals surface area (Å²) in [5.74, 6) is 0.0594. The van der Waals surface area contributed by atoms with Gasteiger partial charge in [-0.1, -0.05) is 35.9 Å². The Labute approximate surface area is 226 Å². The first-order valence-electron chi connectivity index (χ1n) is 11.9. The first-order chi connectivity index (χ1) is 17.9. The monoisotopic (exact) mass is 577 g/mol. The van der Waals surface area contributed by atoms with Crippen LogP contribution in [-0.2, 0) is 4.79 Å². The van der Waals surface area contributed by atoms with Gasteiger partial charge in [0, 0.05) is 51.4 Å². The molecule has 2 aliphatic rings. The Hall–Kier alpha value is -3.49. The number of nitrogens with zero attached hydrogens (tertiary/aromatic N) is 3. The van der Waals surface area contributed by atoms with Gasteiger partial charge in [0.25, 0.3) is 0 Å². The molecule has 6 nitrogen and oxygen atoms in total. The third-order valence-electron chi connectivity index (χ3n) is 7.17. The highest BCUT2D eigenvalue weighted by Crippen LogP contribution is 2.44. The fourth-order valence-corrected chi connectivity index (χ4v) is 6.03. The van der Waals surface area contributed by atoms with Gasteiger partial charge in [0.15, 0.2) is 5.82 Å². The molecule has 1 saturated heterocycles. The number of aromatic amines is 1. The summed E-state index contributed by atoms with van der Waals surface area (Å²) in [5.41, 5.74) is 11.1. The molecule has 9 heteroatoms. The summed E-state index contributed by atoms with van der Waals surface area (Å²) in [6.07, 6.45) is 9.02. The zero-order chi connectivity index (χ0) is 25.7. The van der Waals surface area contributed by atoms with E-state index < -0.39 is 5.82 Å². The van der Waals surface area contributed by atoms with Crippen LogP contribution in [0, 0.1) is 5.82 Å². The van der Waals surface area contributed by atoms with Crippen LogP contribution in [-0.4, -0.2) is 31.8 Å². The first kappa shape index (κ1) is 23.9. The van der Waals surface area contributed by atoms with E-state index >= 15 is 0 Å². The largest absolute Gasteiger partial charge is 0.398 e. The van der Waals surface area contributed by atoms with E-state index in [9.17, 15) is 9.18 Å². The summed E-state index contributed by atoms with van der Waals surface area (Å²) < 4.78 is 15.7. The number of hydrogen-bond donors (Lipinski definition) is 2. The predicted molar refractivity (Wildman–Crippen MR) is 146 cm³/mol. The molecular formula is C28H22BrClFN5O. The molecule has 0 aliphatic carbocycles. The molecule has 2 atom stereocenters. The third kappa shape index (κ3) is 4.24. The molecule has 2 aliphatic heterocycles. The lowest BCUT2D eigenvalue weighted by molar-refractivity contribution is -0.129. The normalized spacial score (nSPS) is 19.2. The molecule has 2 aromatic heterocycles. The molecule has 186 valence electrons. The lowest BCUT2D eigenvalue weighted by Gasteiger charge is -2.34. The van der Waals surface area contributed by atoms with Crippen molar-refractivity contribution in [1.29, 1.82) is 0 Å². The smallest absolute Gasteiger partial charge is 0.247 e. The first-order valence-corrected chi connectivity index (χ1v) is 13.1. The average Bonchev–Trinajstić information content (AvgIpc) is 3.55. The van der Waals surface area contributed by atoms with Crippen molar-refractivity contribution in [2.75, 3.05) is 5.73 Å². The van der Waals surface area contributed by atoms with Crippen molar-refractivity contribution in [2.45, 2.75) is 31.3 Å². The topological polar surface area (TPSA) is 87.9 Å². The van der Waals surface area contributed by atoms with Crippen LogP contribution in [0.3, 0.4) is 0 Å². The fourth-order valence-electron chi connectivity index (χ4n) is 5.41. The van der Waals surface area contributed by atoms with Crippen molar-refractivity contribution in [3.05, 3.63) is 93.6 Å². The van der Waals surface area contributed by atoms with E-state index in [2.05, 4.69) is 30.9 Å². The van der Waals surface area contributed by atoms with E-state index in [-0.39, 0.29) is 34.3 Å². The second kappa shape index (κ2) is 9.43.